The van der Waals surface area contributed by atoms with Gasteiger partial charge in [0.25, 0.3) is 0 Å². The molecule has 1 aromatic carbocycles. The van der Waals surface area contributed by atoms with Gasteiger partial charge in [-0.25, -0.2) is 8.42 Å². The highest BCUT2D eigenvalue weighted by Crippen LogP contribution is 2.25. The highest BCUT2D eigenvalue weighted by atomic mass is 35.5. The Hall–Kier alpha value is -1.20. The zero-order chi connectivity index (χ0) is 13.9. The summed E-state index contributed by atoms with van der Waals surface area (Å²) in [6, 6.07) is 4.64. The minimum absolute atomic E-state index is 0.0861. The quantitative estimate of drug-likeness (QED) is 0.929. The molecule has 1 aromatic rings. The van der Waals surface area contributed by atoms with E-state index < -0.39 is 9.84 Å². The van der Waals surface area contributed by atoms with Gasteiger partial charge in [-0.05, 0) is 37.1 Å². The van der Waals surface area contributed by atoms with E-state index in [4.69, 9.17) is 16.3 Å². The minimum atomic E-state index is -3.23. The van der Waals surface area contributed by atoms with Crippen molar-refractivity contribution in [3.05, 3.63) is 35.6 Å². The average Bonchev–Trinajstić information content (AvgIpc) is 2.37. The highest BCUT2D eigenvalue weighted by Gasteiger charge is 2.13. The Kier molecular flexibility index (Phi) is 4.37. The second-order valence-electron chi connectivity index (χ2n) is 4.50. The van der Waals surface area contributed by atoms with Crippen LogP contribution in [0.15, 0.2) is 35.4 Å². The summed E-state index contributed by atoms with van der Waals surface area (Å²) in [6.45, 7) is 0.595. The monoisotopic (exact) mass is 301 g/mol. The molecule has 4 nitrogen and oxygen atoms in total. The number of benzene rings is 1. The third-order valence-electron chi connectivity index (χ3n) is 2.91. The van der Waals surface area contributed by atoms with Crippen LogP contribution in [0.4, 0.5) is 5.69 Å². The van der Waals surface area contributed by atoms with Gasteiger partial charge in [0.15, 0.2) is 9.84 Å². The molecule has 0 spiro atoms. The van der Waals surface area contributed by atoms with Crippen molar-refractivity contribution < 1.29 is 13.2 Å². The Morgan fingerprint density at radius 3 is 2.89 bits per heavy atom. The summed E-state index contributed by atoms with van der Waals surface area (Å²) >= 11 is 6.05. The lowest BCUT2D eigenvalue weighted by Gasteiger charge is -2.20. The average molecular weight is 302 g/mol. The largest absolute Gasteiger partial charge is 0.497 e. The van der Waals surface area contributed by atoms with E-state index >= 15 is 0 Å². The normalized spacial score (nSPS) is 18.9. The molecule has 6 heteroatoms. The van der Waals surface area contributed by atoms with E-state index in [1.54, 1.807) is 18.4 Å². The summed E-state index contributed by atoms with van der Waals surface area (Å²) in [5, 5.41) is 3.64. The van der Waals surface area contributed by atoms with Crippen molar-refractivity contribution in [2.24, 2.45) is 0 Å². The number of nitrogens with one attached hydrogen (secondary N) is 1. The third-order valence-corrected chi connectivity index (χ3v) is 4.35. The van der Waals surface area contributed by atoms with Crippen molar-refractivity contribution in [2.75, 3.05) is 18.1 Å². The number of allylic oxidation sites excluding steroid dienone is 1. The fourth-order valence-corrected chi connectivity index (χ4v) is 2.66. The van der Waals surface area contributed by atoms with Crippen LogP contribution in [0.5, 0.6) is 0 Å². The number of hydrogen-bond donors (Lipinski definition) is 1. The fraction of sp³-hybridized carbons (Fsp3) is 0.385. The first-order chi connectivity index (χ1) is 8.97. The maximum Gasteiger partial charge on any atom is 0.175 e. The molecule has 0 aromatic heterocycles. The maximum absolute atomic E-state index is 11.5. The lowest BCUT2D eigenvalue weighted by atomic mass is 10.1. The van der Waals surface area contributed by atoms with Gasteiger partial charge >= 0.3 is 0 Å². The molecule has 0 saturated carbocycles. The smallest absolute Gasteiger partial charge is 0.175 e. The molecule has 0 saturated heterocycles. The number of halogens is 1. The first-order valence-corrected chi connectivity index (χ1v) is 8.28. The Morgan fingerprint density at radius 2 is 2.26 bits per heavy atom. The van der Waals surface area contributed by atoms with Gasteiger partial charge < -0.3 is 10.1 Å². The summed E-state index contributed by atoms with van der Waals surface area (Å²) in [7, 11) is -3.23. The van der Waals surface area contributed by atoms with Crippen molar-refractivity contribution in [2.45, 2.75) is 23.8 Å². The Morgan fingerprint density at radius 1 is 1.47 bits per heavy atom. The predicted molar refractivity (Wildman–Crippen MR) is 76.3 cm³/mol. The summed E-state index contributed by atoms with van der Waals surface area (Å²) < 4.78 is 28.4. The van der Waals surface area contributed by atoms with Gasteiger partial charge in [-0.2, -0.15) is 0 Å². The van der Waals surface area contributed by atoms with Crippen molar-refractivity contribution in [3.63, 3.8) is 0 Å². The molecule has 0 aliphatic carbocycles. The molecule has 104 valence electrons. The molecule has 1 atom stereocenters. The highest BCUT2D eigenvalue weighted by molar-refractivity contribution is 7.90. The van der Waals surface area contributed by atoms with Gasteiger partial charge in [0.2, 0.25) is 0 Å². The van der Waals surface area contributed by atoms with Crippen LogP contribution in [0, 0.1) is 0 Å². The second-order valence-corrected chi connectivity index (χ2v) is 6.92. The molecule has 0 radical (unpaired) electrons. The Labute approximate surface area is 118 Å². The van der Waals surface area contributed by atoms with Crippen LogP contribution in [0.25, 0.3) is 0 Å². The van der Waals surface area contributed by atoms with Gasteiger partial charge in [-0.1, -0.05) is 11.6 Å². The topological polar surface area (TPSA) is 55.4 Å². The van der Waals surface area contributed by atoms with Gasteiger partial charge in [0.1, 0.15) is 6.10 Å². The summed E-state index contributed by atoms with van der Waals surface area (Å²) in [4.78, 5) is 0.254. The van der Waals surface area contributed by atoms with Crippen LogP contribution < -0.4 is 5.32 Å². The van der Waals surface area contributed by atoms with E-state index in [-0.39, 0.29) is 11.0 Å². The van der Waals surface area contributed by atoms with Crippen LogP contribution in [0.2, 0.25) is 5.02 Å². The molecule has 0 unspecified atom stereocenters. The molecule has 2 rings (SSSR count). The summed E-state index contributed by atoms with van der Waals surface area (Å²) in [6.07, 6.45) is 6.87. The minimum Gasteiger partial charge on any atom is -0.497 e. The van der Waals surface area contributed by atoms with Crippen LogP contribution in [-0.2, 0) is 14.6 Å². The molecule has 0 fully saturated rings. The summed E-state index contributed by atoms with van der Waals surface area (Å²) in [5.41, 5.74) is 0.614. The predicted octanol–water partition coefficient (Wildman–Crippen LogP) is 2.85. The van der Waals surface area contributed by atoms with Gasteiger partial charge in [0.05, 0.1) is 28.4 Å². The molecule has 1 N–H and O–H groups in total. The second kappa shape index (κ2) is 5.84. The first kappa shape index (κ1) is 14.2. The summed E-state index contributed by atoms with van der Waals surface area (Å²) in [5.74, 6) is 0. The van der Waals surface area contributed by atoms with Crippen LogP contribution in [0.3, 0.4) is 0 Å². The molecule has 0 bridgehead atoms. The van der Waals surface area contributed by atoms with E-state index in [0.29, 0.717) is 17.3 Å². The Bertz CT molecular complexity index is 584. The van der Waals surface area contributed by atoms with Crippen LogP contribution in [0.1, 0.15) is 12.8 Å². The molecule has 0 amide bonds. The zero-order valence-electron chi connectivity index (χ0n) is 10.6. The fourth-order valence-electron chi connectivity index (χ4n) is 1.83. The number of anilines is 1. The third kappa shape index (κ3) is 3.88. The Balaban J connectivity index is 2.09. The van der Waals surface area contributed by atoms with Gasteiger partial charge in [-0.3, -0.25) is 0 Å². The van der Waals surface area contributed by atoms with E-state index in [1.807, 2.05) is 6.08 Å². The van der Waals surface area contributed by atoms with Crippen molar-refractivity contribution in [1.82, 2.24) is 0 Å². The molecule has 1 heterocycles. The standard InChI is InChI=1S/C13H16ClNO3S/c1-19(16,17)11-5-6-12(14)13(8-11)15-9-10-4-2-3-7-18-10/h3,5-8,10,15H,2,4,9H2,1H3/t10-/m0/s1. The van der Waals surface area contributed by atoms with Crippen LogP contribution in [-0.4, -0.2) is 27.3 Å². The first-order valence-electron chi connectivity index (χ1n) is 6.01. The number of sulfone groups is 1. The molecular weight excluding hydrogens is 286 g/mol. The number of ether oxygens (including phenoxy) is 1. The molecule has 19 heavy (non-hydrogen) atoms. The number of hydrogen-bond acceptors (Lipinski definition) is 4. The van der Waals surface area contributed by atoms with Crippen molar-refractivity contribution in [3.8, 4) is 0 Å². The van der Waals surface area contributed by atoms with E-state index in [0.717, 1.165) is 12.8 Å². The van der Waals surface area contributed by atoms with E-state index in [1.165, 1.54) is 12.3 Å². The molecule has 1 aliphatic heterocycles. The lowest BCUT2D eigenvalue weighted by molar-refractivity contribution is 0.135. The van der Waals surface area contributed by atoms with Crippen molar-refractivity contribution in [1.29, 1.82) is 0 Å². The maximum atomic E-state index is 11.5. The molecular formula is C13H16ClNO3S. The van der Waals surface area contributed by atoms with Gasteiger partial charge in [-0.15, -0.1) is 0 Å². The van der Waals surface area contributed by atoms with E-state index in [9.17, 15) is 8.42 Å². The lowest BCUT2D eigenvalue weighted by Crippen LogP contribution is -2.23. The molecule has 1 aliphatic rings. The number of rotatable bonds is 4. The SMILES string of the molecule is CS(=O)(=O)c1ccc(Cl)c(NC[C@@H]2CCC=CO2)c1. The van der Waals surface area contributed by atoms with Crippen molar-refractivity contribution >= 4 is 27.1 Å². The van der Waals surface area contributed by atoms with Gasteiger partial charge in [0, 0.05) is 6.26 Å². The van der Waals surface area contributed by atoms with Crippen LogP contribution >= 0.6 is 11.6 Å². The zero-order valence-corrected chi connectivity index (χ0v) is 12.2. The van der Waals surface area contributed by atoms with E-state index in [2.05, 4.69) is 5.32 Å².